The molecule has 0 saturated carbocycles. The van der Waals surface area contributed by atoms with Gasteiger partial charge in [0, 0.05) is 31.7 Å². The van der Waals surface area contributed by atoms with Gasteiger partial charge in [-0.05, 0) is 61.4 Å². The molecule has 0 spiro atoms. The SMILES string of the molecule is COc1ccc2c(c1)C(C)(C)C1(C=Cc3ccc(N(C)C)cc3)OC=CN21. The Morgan fingerprint density at radius 3 is 2.48 bits per heavy atom. The van der Waals surface area contributed by atoms with Gasteiger partial charge in [-0.3, -0.25) is 0 Å². The van der Waals surface area contributed by atoms with Crippen molar-refractivity contribution in [3.05, 3.63) is 72.1 Å². The summed E-state index contributed by atoms with van der Waals surface area (Å²) in [5.41, 5.74) is 3.88. The minimum absolute atomic E-state index is 0.250. The summed E-state index contributed by atoms with van der Waals surface area (Å²) in [5.74, 6) is 0.866. The second-order valence-corrected chi connectivity index (χ2v) is 7.80. The number of benzene rings is 2. The van der Waals surface area contributed by atoms with E-state index in [2.05, 4.69) is 72.2 Å². The van der Waals surface area contributed by atoms with Gasteiger partial charge in [0.15, 0.2) is 0 Å². The van der Waals surface area contributed by atoms with E-state index in [0.717, 1.165) is 17.0 Å². The van der Waals surface area contributed by atoms with Gasteiger partial charge in [-0.15, -0.1) is 0 Å². The molecule has 0 aliphatic carbocycles. The molecule has 140 valence electrons. The fourth-order valence-electron chi connectivity index (χ4n) is 4.04. The van der Waals surface area contributed by atoms with Crippen molar-refractivity contribution >= 4 is 17.5 Å². The molecule has 1 atom stereocenters. The Hall–Kier alpha value is -2.88. The molecule has 0 fully saturated rings. The average molecular weight is 362 g/mol. The van der Waals surface area contributed by atoms with Crippen molar-refractivity contribution in [1.82, 2.24) is 0 Å². The molecule has 4 rings (SSSR count). The van der Waals surface area contributed by atoms with Crippen LogP contribution in [0.25, 0.3) is 6.08 Å². The summed E-state index contributed by atoms with van der Waals surface area (Å²) in [7, 11) is 5.80. The molecular formula is C23H26N2O2. The summed E-state index contributed by atoms with van der Waals surface area (Å²) in [6.07, 6.45) is 8.11. The minimum atomic E-state index is -0.581. The van der Waals surface area contributed by atoms with Crippen molar-refractivity contribution in [2.45, 2.75) is 25.0 Å². The predicted molar refractivity (Wildman–Crippen MR) is 111 cm³/mol. The highest BCUT2D eigenvalue weighted by atomic mass is 16.5. The lowest BCUT2D eigenvalue weighted by Gasteiger charge is -2.39. The fraction of sp³-hybridized carbons (Fsp3) is 0.304. The number of rotatable bonds is 4. The Morgan fingerprint density at radius 1 is 1.07 bits per heavy atom. The first-order chi connectivity index (χ1) is 12.9. The number of fused-ring (bicyclic) bond motifs is 3. The number of anilines is 2. The van der Waals surface area contributed by atoms with Crippen molar-refractivity contribution in [2.75, 3.05) is 31.0 Å². The lowest BCUT2D eigenvalue weighted by Crippen LogP contribution is -2.51. The van der Waals surface area contributed by atoms with Gasteiger partial charge in [0.2, 0.25) is 5.72 Å². The van der Waals surface area contributed by atoms with Crippen molar-refractivity contribution in [3.8, 4) is 5.75 Å². The van der Waals surface area contributed by atoms with E-state index in [1.54, 1.807) is 13.4 Å². The molecule has 0 N–H and O–H groups in total. The topological polar surface area (TPSA) is 24.9 Å². The summed E-state index contributed by atoms with van der Waals surface area (Å²) >= 11 is 0. The first-order valence-corrected chi connectivity index (χ1v) is 9.18. The lowest BCUT2D eigenvalue weighted by atomic mass is 9.77. The number of methoxy groups -OCH3 is 1. The maximum absolute atomic E-state index is 6.23. The van der Waals surface area contributed by atoms with E-state index in [1.807, 2.05) is 26.4 Å². The monoisotopic (exact) mass is 362 g/mol. The van der Waals surface area contributed by atoms with Crippen molar-refractivity contribution in [2.24, 2.45) is 0 Å². The third-order valence-corrected chi connectivity index (χ3v) is 5.76. The van der Waals surface area contributed by atoms with E-state index in [1.165, 1.54) is 11.3 Å². The normalized spacial score (nSPS) is 21.9. The largest absolute Gasteiger partial charge is 0.497 e. The van der Waals surface area contributed by atoms with Crippen LogP contribution in [0.15, 0.2) is 61.0 Å². The molecule has 4 nitrogen and oxygen atoms in total. The van der Waals surface area contributed by atoms with Gasteiger partial charge < -0.3 is 19.3 Å². The van der Waals surface area contributed by atoms with Crippen LogP contribution in [0.4, 0.5) is 11.4 Å². The van der Waals surface area contributed by atoms with Crippen LogP contribution in [0.5, 0.6) is 5.75 Å². The van der Waals surface area contributed by atoms with E-state index in [9.17, 15) is 0 Å². The van der Waals surface area contributed by atoms with Crippen LogP contribution in [0, 0.1) is 0 Å². The maximum Gasteiger partial charge on any atom is 0.215 e. The molecule has 2 heterocycles. The quantitative estimate of drug-likeness (QED) is 0.782. The van der Waals surface area contributed by atoms with E-state index < -0.39 is 5.72 Å². The molecule has 0 saturated heterocycles. The first-order valence-electron chi connectivity index (χ1n) is 9.18. The van der Waals surface area contributed by atoms with Crippen LogP contribution in [-0.2, 0) is 10.2 Å². The van der Waals surface area contributed by atoms with Gasteiger partial charge in [-0.25, -0.2) is 0 Å². The highest BCUT2D eigenvalue weighted by Crippen LogP contribution is 2.56. The van der Waals surface area contributed by atoms with Crippen LogP contribution in [0.3, 0.4) is 0 Å². The van der Waals surface area contributed by atoms with E-state index >= 15 is 0 Å². The zero-order valence-corrected chi connectivity index (χ0v) is 16.6. The molecule has 1 unspecified atom stereocenters. The summed E-state index contributed by atoms with van der Waals surface area (Å²) in [6.45, 7) is 4.44. The van der Waals surface area contributed by atoms with Crippen molar-refractivity contribution in [1.29, 1.82) is 0 Å². The molecule has 2 aromatic rings. The standard InChI is InChI=1S/C23H26N2O2/c1-22(2)20-16-19(26-5)10-11-21(20)25-14-15-27-23(22,25)13-12-17-6-8-18(9-7-17)24(3)4/h6-16H,1-5H3. The van der Waals surface area contributed by atoms with E-state index in [0.29, 0.717) is 0 Å². The van der Waals surface area contributed by atoms with E-state index in [-0.39, 0.29) is 5.41 Å². The summed E-state index contributed by atoms with van der Waals surface area (Å²) in [5, 5.41) is 0. The fourth-order valence-corrected chi connectivity index (χ4v) is 4.04. The van der Waals surface area contributed by atoms with Crippen LogP contribution < -0.4 is 14.5 Å². The lowest BCUT2D eigenvalue weighted by molar-refractivity contribution is 0.0386. The highest BCUT2D eigenvalue weighted by molar-refractivity contribution is 5.73. The van der Waals surface area contributed by atoms with Gasteiger partial charge in [0.1, 0.15) is 12.0 Å². The van der Waals surface area contributed by atoms with Crippen LogP contribution >= 0.6 is 0 Å². The van der Waals surface area contributed by atoms with Gasteiger partial charge >= 0.3 is 0 Å². The molecule has 0 aromatic heterocycles. The summed E-state index contributed by atoms with van der Waals surface area (Å²) < 4.78 is 11.7. The van der Waals surface area contributed by atoms with Crippen molar-refractivity contribution in [3.63, 3.8) is 0 Å². The number of hydrogen-bond acceptors (Lipinski definition) is 4. The Balaban J connectivity index is 1.73. The molecule has 2 aliphatic rings. The van der Waals surface area contributed by atoms with Crippen LogP contribution in [0.1, 0.15) is 25.0 Å². The Bertz CT molecular complexity index is 912. The maximum atomic E-state index is 6.23. The molecule has 0 radical (unpaired) electrons. The second kappa shape index (κ2) is 6.08. The summed E-state index contributed by atoms with van der Waals surface area (Å²) in [6, 6.07) is 14.7. The first kappa shape index (κ1) is 17.5. The molecule has 2 aliphatic heterocycles. The number of hydrogen-bond donors (Lipinski definition) is 0. The second-order valence-electron chi connectivity index (χ2n) is 7.80. The Morgan fingerprint density at radius 2 is 1.81 bits per heavy atom. The molecule has 2 aromatic carbocycles. The Kier molecular flexibility index (Phi) is 3.95. The van der Waals surface area contributed by atoms with Gasteiger partial charge in [0.25, 0.3) is 0 Å². The molecule has 27 heavy (non-hydrogen) atoms. The molecule has 0 amide bonds. The predicted octanol–water partition coefficient (Wildman–Crippen LogP) is 4.77. The molecule has 4 heteroatoms. The van der Waals surface area contributed by atoms with Crippen molar-refractivity contribution < 1.29 is 9.47 Å². The van der Waals surface area contributed by atoms with E-state index in [4.69, 9.17) is 9.47 Å². The smallest absolute Gasteiger partial charge is 0.215 e. The number of nitrogens with zero attached hydrogens (tertiary/aromatic N) is 2. The summed E-state index contributed by atoms with van der Waals surface area (Å²) in [4.78, 5) is 4.31. The molecule has 0 bridgehead atoms. The minimum Gasteiger partial charge on any atom is -0.497 e. The third kappa shape index (κ3) is 2.51. The van der Waals surface area contributed by atoms with Gasteiger partial charge in [0.05, 0.1) is 12.5 Å². The zero-order chi connectivity index (χ0) is 19.2. The van der Waals surface area contributed by atoms with Gasteiger partial charge in [-0.2, -0.15) is 0 Å². The molecular weight excluding hydrogens is 336 g/mol. The average Bonchev–Trinajstić information content (AvgIpc) is 3.17. The number of ether oxygens (including phenoxy) is 2. The Labute approximate surface area is 161 Å². The van der Waals surface area contributed by atoms with Gasteiger partial charge in [-0.1, -0.05) is 18.2 Å². The third-order valence-electron chi connectivity index (χ3n) is 5.76. The van der Waals surface area contributed by atoms with Crippen LogP contribution in [-0.4, -0.2) is 26.9 Å². The highest BCUT2D eigenvalue weighted by Gasteiger charge is 2.58. The zero-order valence-electron chi connectivity index (χ0n) is 16.6. The van der Waals surface area contributed by atoms with Crippen LogP contribution in [0.2, 0.25) is 0 Å².